The van der Waals surface area contributed by atoms with Crippen molar-refractivity contribution in [2.75, 3.05) is 45.8 Å². The van der Waals surface area contributed by atoms with Crippen molar-refractivity contribution >= 4 is 0 Å². The first kappa shape index (κ1) is 16.8. The lowest BCUT2D eigenvalue weighted by Gasteiger charge is -2.51. The Morgan fingerprint density at radius 2 is 1.32 bits per heavy atom. The topological polar surface area (TPSA) is 9.72 Å². The summed E-state index contributed by atoms with van der Waals surface area (Å²) in [4.78, 5) is 7.90. The quantitative estimate of drug-likeness (QED) is 0.831. The lowest BCUT2D eigenvalue weighted by atomic mass is 9.92. The summed E-state index contributed by atoms with van der Waals surface area (Å²) in [6.45, 7) is 10.7. The van der Waals surface area contributed by atoms with Crippen LogP contribution in [0.5, 0.6) is 0 Å². The van der Waals surface area contributed by atoms with Gasteiger partial charge in [-0.25, -0.2) is 0 Å². The molecular weight excluding hydrogens is 306 g/mol. The summed E-state index contributed by atoms with van der Waals surface area (Å²) < 4.78 is 0. The third-order valence-electron chi connectivity index (χ3n) is 5.86. The molecule has 3 heteroatoms. The molecule has 4 rings (SSSR count). The van der Waals surface area contributed by atoms with E-state index in [1.807, 2.05) is 0 Å². The van der Waals surface area contributed by atoms with Gasteiger partial charge in [-0.05, 0) is 17.7 Å². The summed E-state index contributed by atoms with van der Waals surface area (Å²) in [5.74, 6) is 0. The smallest absolute Gasteiger partial charge is 0.0602 e. The van der Waals surface area contributed by atoms with E-state index in [0.717, 1.165) is 6.04 Å². The first-order valence-corrected chi connectivity index (χ1v) is 9.65. The second-order valence-corrected chi connectivity index (χ2v) is 7.30. The molecule has 0 atom stereocenters. The largest absolute Gasteiger partial charge is 0.301 e. The van der Waals surface area contributed by atoms with E-state index in [-0.39, 0.29) is 0 Å². The van der Waals surface area contributed by atoms with Crippen molar-refractivity contribution in [3.05, 3.63) is 71.8 Å². The highest BCUT2D eigenvalue weighted by Crippen LogP contribution is 2.33. The van der Waals surface area contributed by atoms with Crippen LogP contribution in [-0.4, -0.2) is 66.6 Å². The molecule has 2 aromatic rings. The Bertz CT molecular complexity index is 604. The Kier molecular flexibility index (Phi) is 5.16. The van der Waals surface area contributed by atoms with Gasteiger partial charge < -0.3 is 4.90 Å². The van der Waals surface area contributed by atoms with E-state index < -0.39 is 0 Å². The normalized spacial score (nSPS) is 20.7. The zero-order valence-electron chi connectivity index (χ0n) is 15.2. The highest BCUT2D eigenvalue weighted by molar-refractivity contribution is 5.32. The van der Waals surface area contributed by atoms with Gasteiger partial charge in [0.25, 0.3) is 0 Å². The molecule has 2 aromatic carbocycles. The minimum atomic E-state index is 0.385. The van der Waals surface area contributed by atoms with Gasteiger partial charge in [-0.1, -0.05) is 67.6 Å². The van der Waals surface area contributed by atoms with E-state index in [1.165, 1.54) is 56.9 Å². The van der Waals surface area contributed by atoms with E-state index in [9.17, 15) is 0 Å². The zero-order chi connectivity index (χ0) is 17.1. The molecule has 2 fully saturated rings. The third kappa shape index (κ3) is 3.64. The Morgan fingerprint density at radius 3 is 1.80 bits per heavy atom. The molecule has 2 aliphatic rings. The van der Waals surface area contributed by atoms with Crippen molar-refractivity contribution < 1.29 is 0 Å². The highest BCUT2D eigenvalue weighted by Gasteiger charge is 2.37. The number of hydrogen-bond acceptors (Lipinski definition) is 3. The van der Waals surface area contributed by atoms with Gasteiger partial charge >= 0.3 is 0 Å². The average Bonchev–Trinajstić information content (AvgIpc) is 2.66. The average molecular weight is 335 g/mol. The number of likely N-dealkylation sites (N-methyl/N-ethyl adjacent to an activating group) is 1. The zero-order valence-corrected chi connectivity index (χ0v) is 15.2. The van der Waals surface area contributed by atoms with Gasteiger partial charge in [-0.15, -0.1) is 0 Å². The minimum Gasteiger partial charge on any atom is -0.301 e. The van der Waals surface area contributed by atoms with Crippen LogP contribution in [0.4, 0.5) is 0 Å². The molecule has 2 heterocycles. The molecule has 132 valence electrons. The number of likely N-dealkylation sites (tertiary alicyclic amines) is 1. The summed E-state index contributed by atoms with van der Waals surface area (Å²) in [5, 5.41) is 0. The Hall–Kier alpha value is -1.68. The van der Waals surface area contributed by atoms with Gasteiger partial charge in [0.05, 0.1) is 6.04 Å². The molecule has 0 unspecified atom stereocenters. The number of hydrogen-bond donors (Lipinski definition) is 0. The van der Waals surface area contributed by atoms with Gasteiger partial charge in [0.2, 0.25) is 0 Å². The van der Waals surface area contributed by atoms with Crippen molar-refractivity contribution in [3.8, 4) is 0 Å². The summed E-state index contributed by atoms with van der Waals surface area (Å²) in [6, 6.07) is 23.0. The second kappa shape index (κ2) is 7.69. The van der Waals surface area contributed by atoms with Gasteiger partial charge in [-0.3, -0.25) is 9.80 Å². The maximum absolute atomic E-state index is 2.70. The van der Waals surface area contributed by atoms with Crippen molar-refractivity contribution in [2.24, 2.45) is 0 Å². The predicted molar refractivity (Wildman–Crippen MR) is 104 cm³/mol. The number of rotatable bonds is 5. The maximum atomic E-state index is 2.70. The number of benzene rings is 2. The summed E-state index contributed by atoms with van der Waals surface area (Å²) in [5.41, 5.74) is 2.81. The highest BCUT2D eigenvalue weighted by atomic mass is 15.4. The van der Waals surface area contributed by atoms with Crippen LogP contribution < -0.4 is 0 Å². The van der Waals surface area contributed by atoms with Crippen LogP contribution in [0.15, 0.2) is 60.7 Å². The molecule has 0 aromatic heterocycles. The van der Waals surface area contributed by atoms with E-state index in [2.05, 4.69) is 82.3 Å². The fraction of sp³-hybridized carbons (Fsp3) is 0.455. The van der Waals surface area contributed by atoms with Crippen molar-refractivity contribution in [1.29, 1.82) is 0 Å². The Labute approximate surface area is 151 Å². The van der Waals surface area contributed by atoms with Crippen LogP contribution in [0, 0.1) is 0 Å². The molecule has 0 radical (unpaired) electrons. The maximum Gasteiger partial charge on any atom is 0.0602 e. The molecule has 2 aliphatic heterocycles. The summed E-state index contributed by atoms with van der Waals surface area (Å²) in [6.07, 6.45) is 0. The van der Waals surface area contributed by atoms with Crippen molar-refractivity contribution in [2.45, 2.75) is 19.0 Å². The number of nitrogens with zero attached hydrogens (tertiary/aromatic N) is 3. The molecule has 0 N–H and O–H groups in total. The second-order valence-electron chi connectivity index (χ2n) is 7.30. The van der Waals surface area contributed by atoms with Crippen molar-refractivity contribution in [3.63, 3.8) is 0 Å². The standard InChI is InChI=1S/C22H29N3/c1-2-23-13-15-24(16-14-23)21-17-25(18-21)22(19-9-5-3-6-10-19)20-11-7-4-8-12-20/h3-12,21-22H,2,13-18H2,1H3. The molecule has 3 nitrogen and oxygen atoms in total. The predicted octanol–water partition coefficient (Wildman–Crippen LogP) is 3.10. The summed E-state index contributed by atoms with van der Waals surface area (Å²) in [7, 11) is 0. The fourth-order valence-electron chi connectivity index (χ4n) is 4.26. The van der Waals surface area contributed by atoms with Crippen LogP contribution >= 0.6 is 0 Å². The molecule has 0 bridgehead atoms. The van der Waals surface area contributed by atoms with E-state index in [1.54, 1.807) is 0 Å². The molecule has 0 amide bonds. The van der Waals surface area contributed by atoms with E-state index in [4.69, 9.17) is 0 Å². The Morgan fingerprint density at radius 1 is 0.800 bits per heavy atom. The van der Waals surface area contributed by atoms with E-state index in [0.29, 0.717) is 6.04 Å². The lowest BCUT2D eigenvalue weighted by Crippen LogP contribution is -2.63. The SMILES string of the molecule is CCN1CCN(C2CN(C(c3ccccc3)c3ccccc3)C2)CC1. The first-order chi connectivity index (χ1) is 12.3. The van der Waals surface area contributed by atoms with E-state index >= 15 is 0 Å². The number of piperazine rings is 1. The van der Waals surface area contributed by atoms with Crippen LogP contribution in [0.3, 0.4) is 0 Å². The molecule has 2 saturated heterocycles. The van der Waals surface area contributed by atoms with Gasteiger partial charge in [0, 0.05) is 45.3 Å². The van der Waals surface area contributed by atoms with Gasteiger partial charge in [0.15, 0.2) is 0 Å². The third-order valence-corrected chi connectivity index (χ3v) is 5.86. The molecule has 0 spiro atoms. The lowest BCUT2D eigenvalue weighted by molar-refractivity contribution is -0.00852. The minimum absolute atomic E-state index is 0.385. The monoisotopic (exact) mass is 335 g/mol. The van der Waals surface area contributed by atoms with Crippen LogP contribution in [-0.2, 0) is 0 Å². The first-order valence-electron chi connectivity index (χ1n) is 9.65. The Balaban J connectivity index is 1.44. The van der Waals surface area contributed by atoms with Gasteiger partial charge in [0.1, 0.15) is 0 Å². The van der Waals surface area contributed by atoms with Gasteiger partial charge in [-0.2, -0.15) is 0 Å². The fourth-order valence-corrected chi connectivity index (χ4v) is 4.26. The van der Waals surface area contributed by atoms with Crippen molar-refractivity contribution in [1.82, 2.24) is 14.7 Å². The van der Waals surface area contributed by atoms with Crippen LogP contribution in [0.25, 0.3) is 0 Å². The molecule has 25 heavy (non-hydrogen) atoms. The molecule has 0 aliphatic carbocycles. The molecule has 0 saturated carbocycles. The van der Waals surface area contributed by atoms with Crippen LogP contribution in [0.2, 0.25) is 0 Å². The van der Waals surface area contributed by atoms with Crippen LogP contribution in [0.1, 0.15) is 24.1 Å². The summed E-state index contributed by atoms with van der Waals surface area (Å²) >= 11 is 0. The molecular formula is C22H29N3.